The Hall–Kier alpha value is -0.120. The molecule has 3 nitrogen and oxygen atoms in total. The van der Waals surface area contributed by atoms with Crippen molar-refractivity contribution in [1.29, 1.82) is 0 Å². The Balaban J connectivity index is 2.48. The minimum atomic E-state index is 0.408. The van der Waals surface area contributed by atoms with Gasteiger partial charge in [0.1, 0.15) is 0 Å². The summed E-state index contributed by atoms with van der Waals surface area (Å²) in [6.07, 6.45) is 3.97. The minimum absolute atomic E-state index is 0.408. The van der Waals surface area contributed by atoms with E-state index in [0.717, 1.165) is 19.5 Å². The van der Waals surface area contributed by atoms with Crippen LogP contribution in [0.25, 0.3) is 0 Å². The molecular formula is C12H26N2O. The molecule has 0 amide bonds. The number of piperidine rings is 1. The summed E-state index contributed by atoms with van der Waals surface area (Å²) in [6, 6.07) is 0.653. The van der Waals surface area contributed by atoms with Crippen LogP contribution in [0, 0.1) is 5.92 Å². The van der Waals surface area contributed by atoms with Gasteiger partial charge in [0.15, 0.2) is 0 Å². The van der Waals surface area contributed by atoms with E-state index in [-0.39, 0.29) is 0 Å². The third-order valence-electron chi connectivity index (χ3n) is 3.71. The zero-order chi connectivity index (χ0) is 11.3. The molecule has 0 aliphatic carbocycles. The largest absolute Gasteiger partial charge is 0.380 e. The quantitative estimate of drug-likeness (QED) is 0.753. The maximum Gasteiger partial charge on any atom is 0.0724 e. The lowest BCUT2D eigenvalue weighted by atomic mass is 9.93. The van der Waals surface area contributed by atoms with Crippen LogP contribution in [0.5, 0.6) is 0 Å². The number of hydrogen-bond acceptors (Lipinski definition) is 3. The highest BCUT2D eigenvalue weighted by Crippen LogP contribution is 2.22. The summed E-state index contributed by atoms with van der Waals surface area (Å²) in [5.74, 6) is 0.696. The first-order chi connectivity index (χ1) is 7.22. The molecule has 3 atom stereocenters. The van der Waals surface area contributed by atoms with Crippen molar-refractivity contribution in [2.24, 2.45) is 11.7 Å². The molecule has 2 N–H and O–H groups in total. The Kier molecular flexibility index (Phi) is 5.58. The fraction of sp³-hybridized carbons (Fsp3) is 1.00. The van der Waals surface area contributed by atoms with Gasteiger partial charge in [0, 0.05) is 19.7 Å². The Bertz CT molecular complexity index is 175. The number of methoxy groups -OCH3 is 1. The van der Waals surface area contributed by atoms with E-state index < -0.39 is 0 Å². The molecule has 3 heteroatoms. The van der Waals surface area contributed by atoms with Gasteiger partial charge in [0.2, 0.25) is 0 Å². The predicted molar refractivity (Wildman–Crippen MR) is 63.9 cm³/mol. The molecule has 0 aromatic rings. The Morgan fingerprint density at radius 2 is 2.27 bits per heavy atom. The highest BCUT2D eigenvalue weighted by atomic mass is 16.5. The number of nitrogens with zero attached hydrogens (tertiary/aromatic N) is 1. The first-order valence-electron chi connectivity index (χ1n) is 6.19. The maximum atomic E-state index is 5.65. The van der Waals surface area contributed by atoms with Crippen LogP contribution in [0.2, 0.25) is 0 Å². The number of nitrogens with two attached hydrogens (primary N) is 1. The number of rotatable bonds is 5. The summed E-state index contributed by atoms with van der Waals surface area (Å²) in [5.41, 5.74) is 5.65. The molecule has 0 spiro atoms. The molecule has 1 saturated heterocycles. The summed E-state index contributed by atoms with van der Waals surface area (Å²) < 4.78 is 5.53. The van der Waals surface area contributed by atoms with E-state index >= 15 is 0 Å². The van der Waals surface area contributed by atoms with Crippen molar-refractivity contribution < 1.29 is 4.74 Å². The van der Waals surface area contributed by atoms with Crippen LogP contribution in [0.4, 0.5) is 0 Å². The molecule has 0 aromatic carbocycles. The van der Waals surface area contributed by atoms with Crippen molar-refractivity contribution in [3.05, 3.63) is 0 Å². The first kappa shape index (κ1) is 12.9. The van der Waals surface area contributed by atoms with E-state index in [9.17, 15) is 0 Å². The molecule has 0 bridgehead atoms. The lowest BCUT2D eigenvalue weighted by Crippen LogP contribution is -2.48. The van der Waals surface area contributed by atoms with E-state index in [1.165, 1.54) is 19.4 Å². The van der Waals surface area contributed by atoms with Gasteiger partial charge in [-0.1, -0.05) is 13.8 Å². The molecule has 1 fully saturated rings. The molecule has 1 rings (SSSR count). The lowest BCUT2D eigenvalue weighted by Gasteiger charge is -2.40. The molecular weight excluding hydrogens is 188 g/mol. The van der Waals surface area contributed by atoms with Crippen molar-refractivity contribution >= 4 is 0 Å². The summed E-state index contributed by atoms with van der Waals surface area (Å²) in [6.45, 7) is 7.62. The number of hydrogen-bond donors (Lipinski definition) is 1. The second kappa shape index (κ2) is 6.46. The van der Waals surface area contributed by atoms with Gasteiger partial charge in [-0.15, -0.1) is 0 Å². The molecule has 15 heavy (non-hydrogen) atoms. The molecule has 1 aliphatic heterocycles. The number of ether oxygens (including phenoxy) is 1. The molecule has 0 saturated carbocycles. The van der Waals surface area contributed by atoms with Gasteiger partial charge in [-0.2, -0.15) is 0 Å². The van der Waals surface area contributed by atoms with Crippen molar-refractivity contribution in [2.45, 2.75) is 45.3 Å². The van der Waals surface area contributed by atoms with Crippen LogP contribution in [0.3, 0.4) is 0 Å². The van der Waals surface area contributed by atoms with E-state index in [1.807, 2.05) is 7.11 Å². The van der Waals surface area contributed by atoms with Crippen molar-refractivity contribution in [3.63, 3.8) is 0 Å². The summed E-state index contributed by atoms with van der Waals surface area (Å²) in [4.78, 5) is 2.56. The fourth-order valence-electron chi connectivity index (χ4n) is 2.53. The predicted octanol–water partition coefficient (Wildman–Crippen LogP) is 1.47. The molecule has 0 radical (unpaired) electrons. The summed E-state index contributed by atoms with van der Waals surface area (Å²) in [7, 11) is 1.83. The maximum absolute atomic E-state index is 5.65. The standard InChI is InChI=1S/C12H26N2O/c1-4-11(5-7-13)14-8-6-10(2)12(9-14)15-3/h10-12H,4-9,13H2,1-3H3. The van der Waals surface area contributed by atoms with Gasteiger partial charge in [0.05, 0.1) is 6.10 Å². The highest BCUT2D eigenvalue weighted by Gasteiger charge is 2.28. The van der Waals surface area contributed by atoms with E-state index in [2.05, 4.69) is 18.7 Å². The van der Waals surface area contributed by atoms with Crippen molar-refractivity contribution in [3.8, 4) is 0 Å². The van der Waals surface area contributed by atoms with Crippen LogP contribution in [-0.4, -0.2) is 43.8 Å². The Labute approximate surface area is 94.0 Å². The smallest absolute Gasteiger partial charge is 0.0724 e. The monoisotopic (exact) mass is 214 g/mol. The molecule has 0 aromatic heterocycles. The van der Waals surface area contributed by atoms with Crippen LogP contribution in [0.15, 0.2) is 0 Å². The van der Waals surface area contributed by atoms with Gasteiger partial charge in [-0.05, 0) is 38.3 Å². The topological polar surface area (TPSA) is 38.5 Å². The molecule has 90 valence electrons. The van der Waals surface area contributed by atoms with E-state index in [4.69, 9.17) is 10.5 Å². The highest BCUT2D eigenvalue weighted by molar-refractivity contribution is 4.82. The average molecular weight is 214 g/mol. The Morgan fingerprint density at radius 3 is 2.80 bits per heavy atom. The second-order valence-corrected chi connectivity index (χ2v) is 4.67. The van der Waals surface area contributed by atoms with E-state index in [0.29, 0.717) is 18.1 Å². The lowest BCUT2D eigenvalue weighted by molar-refractivity contribution is -0.0203. The zero-order valence-corrected chi connectivity index (χ0v) is 10.4. The van der Waals surface area contributed by atoms with Gasteiger partial charge in [-0.25, -0.2) is 0 Å². The van der Waals surface area contributed by atoms with Crippen LogP contribution >= 0.6 is 0 Å². The van der Waals surface area contributed by atoms with Crippen LogP contribution in [-0.2, 0) is 4.74 Å². The van der Waals surface area contributed by atoms with Crippen LogP contribution in [0.1, 0.15) is 33.1 Å². The second-order valence-electron chi connectivity index (χ2n) is 4.67. The SMILES string of the molecule is CCC(CCN)N1CCC(C)C(OC)C1. The van der Waals surface area contributed by atoms with E-state index in [1.54, 1.807) is 0 Å². The van der Waals surface area contributed by atoms with Crippen molar-refractivity contribution in [1.82, 2.24) is 4.90 Å². The third kappa shape index (κ3) is 3.44. The van der Waals surface area contributed by atoms with Crippen molar-refractivity contribution in [2.75, 3.05) is 26.7 Å². The van der Waals surface area contributed by atoms with Gasteiger partial charge >= 0.3 is 0 Å². The summed E-state index contributed by atoms with van der Waals surface area (Å²) in [5, 5.41) is 0. The molecule has 1 aliphatic rings. The third-order valence-corrected chi connectivity index (χ3v) is 3.71. The normalized spacial score (nSPS) is 30.4. The molecule has 3 unspecified atom stereocenters. The van der Waals surface area contributed by atoms with Gasteiger partial charge in [0.25, 0.3) is 0 Å². The molecule has 1 heterocycles. The van der Waals surface area contributed by atoms with Gasteiger partial charge < -0.3 is 10.5 Å². The first-order valence-corrected chi connectivity index (χ1v) is 6.19. The number of likely N-dealkylation sites (tertiary alicyclic amines) is 1. The van der Waals surface area contributed by atoms with Gasteiger partial charge in [-0.3, -0.25) is 4.90 Å². The van der Waals surface area contributed by atoms with Crippen LogP contribution < -0.4 is 5.73 Å². The fourth-order valence-corrected chi connectivity index (χ4v) is 2.53. The Morgan fingerprint density at radius 1 is 1.53 bits per heavy atom. The summed E-state index contributed by atoms with van der Waals surface area (Å²) >= 11 is 0. The average Bonchev–Trinajstić information content (AvgIpc) is 2.27. The minimum Gasteiger partial charge on any atom is -0.380 e. The zero-order valence-electron chi connectivity index (χ0n) is 10.4.